The van der Waals surface area contributed by atoms with Crippen LogP contribution in [0.3, 0.4) is 0 Å². The predicted octanol–water partition coefficient (Wildman–Crippen LogP) is 0.0432. The van der Waals surface area contributed by atoms with Gasteiger partial charge in [0.15, 0.2) is 5.78 Å². The third-order valence-electron chi connectivity index (χ3n) is 2.02. The summed E-state index contributed by atoms with van der Waals surface area (Å²) in [5, 5.41) is 5.66. The summed E-state index contributed by atoms with van der Waals surface area (Å²) >= 11 is 0. The van der Waals surface area contributed by atoms with Gasteiger partial charge in [0.2, 0.25) is 5.91 Å². The van der Waals surface area contributed by atoms with E-state index in [1.807, 2.05) is 0 Å². The van der Waals surface area contributed by atoms with Gasteiger partial charge < -0.3 is 10.6 Å². The van der Waals surface area contributed by atoms with Gasteiger partial charge >= 0.3 is 0 Å². The molecule has 0 saturated carbocycles. The molecule has 1 aliphatic heterocycles. The number of nitrogens with one attached hydrogen (secondary N) is 2. The highest BCUT2D eigenvalue weighted by molar-refractivity contribution is 8.76. The van der Waals surface area contributed by atoms with Gasteiger partial charge in [-0.15, -0.1) is 0 Å². The molecule has 1 amide bonds. The van der Waals surface area contributed by atoms with Crippen molar-refractivity contribution in [2.75, 3.05) is 18.6 Å². The van der Waals surface area contributed by atoms with Gasteiger partial charge in [-0.1, -0.05) is 21.6 Å². The Labute approximate surface area is 91.4 Å². The molecule has 1 aliphatic rings. The summed E-state index contributed by atoms with van der Waals surface area (Å²) in [5.74, 6) is 1.32. The molecule has 0 radical (unpaired) electrons. The Hall–Kier alpha value is -0.200. The van der Waals surface area contributed by atoms with Crippen molar-refractivity contribution >= 4 is 33.3 Å². The third-order valence-corrected chi connectivity index (χ3v) is 4.45. The second-order valence-electron chi connectivity index (χ2n) is 3.08. The van der Waals surface area contributed by atoms with Crippen LogP contribution in [-0.4, -0.2) is 42.3 Å². The summed E-state index contributed by atoms with van der Waals surface area (Å²) in [6.45, 7) is 1.51. The second kappa shape index (κ2) is 5.63. The molecular weight excluding hydrogens is 220 g/mol. The first-order chi connectivity index (χ1) is 6.65. The average molecular weight is 234 g/mol. The van der Waals surface area contributed by atoms with Crippen LogP contribution in [0.2, 0.25) is 0 Å². The molecule has 1 saturated heterocycles. The fraction of sp³-hybridized carbons (Fsp3) is 0.750. The smallest absolute Gasteiger partial charge is 0.238 e. The van der Waals surface area contributed by atoms with E-state index in [1.165, 1.54) is 6.92 Å². The zero-order valence-electron chi connectivity index (χ0n) is 8.20. The van der Waals surface area contributed by atoms with Crippen molar-refractivity contribution in [3.8, 4) is 0 Å². The molecule has 2 unspecified atom stereocenters. The van der Waals surface area contributed by atoms with Crippen LogP contribution in [0, 0.1) is 0 Å². The molecule has 0 aliphatic carbocycles. The van der Waals surface area contributed by atoms with Crippen molar-refractivity contribution < 1.29 is 9.59 Å². The molecule has 6 heteroatoms. The first-order valence-corrected chi connectivity index (χ1v) is 6.86. The van der Waals surface area contributed by atoms with Crippen LogP contribution in [-0.2, 0) is 9.59 Å². The normalized spacial score (nSPS) is 28.9. The van der Waals surface area contributed by atoms with E-state index < -0.39 is 0 Å². The van der Waals surface area contributed by atoms with Gasteiger partial charge in [0.05, 0.1) is 12.1 Å². The predicted molar refractivity (Wildman–Crippen MR) is 60.4 cm³/mol. The molecule has 0 bridgehead atoms. The zero-order valence-corrected chi connectivity index (χ0v) is 9.83. The summed E-state index contributed by atoms with van der Waals surface area (Å²) in [6, 6.07) is -0.536. The fourth-order valence-electron chi connectivity index (χ4n) is 1.06. The van der Waals surface area contributed by atoms with Crippen LogP contribution in [0.1, 0.15) is 6.92 Å². The number of amides is 1. The van der Waals surface area contributed by atoms with E-state index in [1.54, 1.807) is 28.6 Å². The Bertz CT molecular complexity index is 235. The highest BCUT2D eigenvalue weighted by atomic mass is 33.1. The van der Waals surface area contributed by atoms with Crippen molar-refractivity contribution in [3.63, 3.8) is 0 Å². The van der Waals surface area contributed by atoms with Crippen molar-refractivity contribution in [1.29, 1.82) is 0 Å². The van der Waals surface area contributed by atoms with Crippen LogP contribution in [0.25, 0.3) is 0 Å². The number of hydrogen-bond donors (Lipinski definition) is 2. The second-order valence-corrected chi connectivity index (χ2v) is 5.63. The van der Waals surface area contributed by atoms with E-state index in [9.17, 15) is 9.59 Å². The number of ketones is 1. The monoisotopic (exact) mass is 234 g/mol. The molecule has 14 heavy (non-hydrogen) atoms. The Morgan fingerprint density at radius 3 is 2.71 bits per heavy atom. The molecular formula is C8H14N2O2S2. The van der Waals surface area contributed by atoms with Gasteiger partial charge in [0.1, 0.15) is 0 Å². The van der Waals surface area contributed by atoms with E-state index in [2.05, 4.69) is 10.6 Å². The van der Waals surface area contributed by atoms with E-state index in [0.717, 1.165) is 5.75 Å². The van der Waals surface area contributed by atoms with Gasteiger partial charge in [0.25, 0.3) is 0 Å². The minimum absolute atomic E-state index is 0.0169. The van der Waals surface area contributed by atoms with Crippen LogP contribution in [0.5, 0.6) is 0 Å². The number of rotatable bonds is 2. The lowest BCUT2D eigenvalue weighted by Crippen LogP contribution is -2.51. The zero-order chi connectivity index (χ0) is 10.6. The van der Waals surface area contributed by atoms with Gasteiger partial charge in [-0.05, 0) is 14.0 Å². The van der Waals surface area contributed by atoms with Crippen LogP contribution >= 0.6 is 21.6 Å². The summed E-state index contributed by atoms with van der Waals surface area (Å²) in [7, 11) is 5.01. The summed E-state index contributed by atoms with van der Waals surface area (Å²) < 4.78 is 0. The van der Waals surface area contributed by atoms with E-state index >= 15 is 0 Å². The standard InChI is InChI=1S/C8H14N2O2S2/c1-5(11)6-3-13-14-4-7(9-2)8(12)10-6/h6-7,9H,3-4H2,1-2H3,(H,10,12). The molecule has 1 heterocycles. The van der Waals surface area contributed by atoms with Crippen LogP contribution in [0.15, 0.2) is 0 Å². The fourth-order valence-corrected chi connectivity index (χ4v) is 3.55. The number of carbonyl (C=O) groups excluding carboxylic acids is 2. The Kier molecular flexibility index (Phi) is 4.77. The average Bonchev–Trinajstić information content (AvgIpc) is 2.11. The summed E-state index contributed by atoms with van der Waals surface area (Å²) in [4.78, 5) is 22.7. The lowest BCUT2D eigenvalue weighted by Gasteiger charge is -2.23. The van der Waals surface area contributed by atoms with Crippen molar-refractivity contribution in [3.05, 3.63) is 0 Å². The molecule has 2 atom stereocenters. The molecule has 1 rings (SSSR count). The van der Waals surface area contributed by atoms with Crippen LogP contribution < -0.4 is 10.6 Å². The molecule has 4 nitrogen and oxygen atoms in total. The minimum Gasteiger partial charge on any atom is -0.344 e. The van der Waals surface area contributed by atoms with E-state index in [-0.39, 0.29) is 23.8 Å². The highest BCUT2D eigenvalue weighted by Crippen LogP contribution is 2.24. The quantitative estimate of drug-likeness (QED) is 0.661. The largest absolute Gasteiger partial charge is 0.344 e. The molecule has 80 valence electrons. The SMILES string of the molecule is CNC1CSSCC(C(C)=O)NC1=O. The number of likely N-dealkylation sites (N-methyl/N-ethyl adjacent to an activating group) is 1. The van der Waals surface area contributed by atoms with Gasteiger partial charge in [-0.2, -0.15) is 0 Å². The van der Waals surface area contributed by atoms with Gasteiger partial charge in [0, 0.05) is 11.5 Å². The first kappa shape index (κ1) is 11.9. The Balaban J connectivity index is 2.60. The Morgan fingerprint density at radius 2 is 2.14 bits per heavy atom. The van der Waals surface area contributed by atoms with Crippen molar-refractivity contribution in [2.24, 2.45) is 0 Å². The van der Waals surface area contributed by atoms with E-state index in [4.69, 9.17) is 0 Å². The van der Waals surface area contributed by atoms with Crippen molar-refractivity contribution in [1.82, 2.24) is 10.6 Å². The first-order valence-electron chi connectivity index (χ1n) is 4.37. The molecule has 0 aromatic rings. The summed E-state index contributed by atoms with van der Waals surface area (Å²) in [6.07, 6.45) is 0. The Morgan fingerprint density at radius 1 is 1.50 bits per heavy atom. The molecule has 0 aromatic carbocycles. The third kappa shape index (κ3) is 3.18. The number of Topliss-reactive ketones (excluding diaryl/α,β-unsaturated/α-hetero) is 1. The van der Waals surface area contributed by atoms with Crippen molar-refractivity contribution in [2.45, 2.75) is 19.0 Å². The van der Waals surface area contributed by atoms with Gasteiger partial charge in [-0.3, -0.25) is 9.59 Å². The lowest BCUT2D eigenvalue weighted by atomic mass is 10.2. The minimum atomic E-state index is -0.337. The maximum absolute atomic E-state index is 11.6. The van der Waals surface area contributed by atoms with Gasteiger partial charge in [-0.25, -0.2) is 0 Å². The number of hydrogen-bond acceptors (Lipinski definition) is 5. The lowest BCUT2D eigenvalue weighted by molar-refractivity contribution is -0.127. The highest BCUT2D eigenvalue weighted by Gasteiger charge is 2.25. The maximum Gasteiger partial charge on any atom is 0.238 e. The molecule has 1 fully saturated rings. The topological polar surface area (TPSA) is 58.2 Å². The molecule has 0 spiro atoms. The van der Waals surface area contributed by atoms with E-state index in [0.29, 0.717) is 5.75 Å². The number of carbonyl (C=O) groups is 2. The van der Waals surface area contributed by atoms with Crippen LogP contribution in [0.4, 0.5) is 0 Å². The molecule has 2 N–H and O–H groups in total. The maximum atomic E-state index is 11.6. The molecule has 0 aromatic heterocycles. The summed E-state index contributed by atoms with van der Waals surface area (Å²) in [5.41, 5.74) is 0.